The molecule has 3 aliphatic heterocycles. The van der Waals surface area contributed by atoms with Gasteiger partial charge >= 0.3 is 0 Å². The molecule has 3 saturated heterocycles. The quantitative estimate of drug-likeness (QED) is 0.692. The minimum atomic E-state index is 0.179. The van der Waals surface area contributed by atoms with Crippen LogP contribution in [-0.2, 0) is 7.05 Å². The van der Waals surface area contributed by atoms with Crippen LogP contribution in [0, 0.1) is 5.92 Å². The third kappa shape index (κ3) is 1.78. The molecular weight excluding hydrogens is 286 g/mol. The van der Waals surface area contributed by atoms with Crippen LogP contribution in [0.5, 0.6) is 0 Å². The number of piperidine rings is 3. The standard InChI is InChI=1S/C19H21N3O/c1-20-15-5-3-2-4-14(15)18-16(20)8-11-22(19(18)23)17-12-21-9-6-13(17)7-10-21/h2-5,8,11,13,17H,6-7,9-10,12H2,1H3. The zero-order valence-corrected chi connectivity index (χ0v) is 13.4. The van der Waals surface area contributed by atoms with Crippen molar-refractivity contribution in [2.24, 2.45) is 13.0 Å². The van der Waals surface area contributed by atoms with E-state index in [4.69, 9.17) is 0 Å². The Bertz CT molecular complexity index is 960. The lowest BCUT2D eigenvalue weighted by molar-refractivity contribution is 0.0556. The molecule has 1 aromatic carbocycles. The first-order valence-corrected chi connectivity index (χ1v) is 8.54. The first kappa shape index (κ1) is 13.4. The first-order valence-electron chi connectivity index (χ1n) is 8.54. The molecule has 4 heteroatoms. The molecule has 0 aliphatic carbocycles. The number of rotatable bonds is 1. The highest BCUT2D eigenvalue weighted by Crippen LogP contribution is 2.35. The van der Waals surface area contributed by atoms with Gasteiger partial charge in [-0.2, -0.15) is 0 Å². The van der Waals surface area contributed by atoms with Crippen molar-refractivity contribution in [3.8, 4) is 0 Å². The van der Waals surface area contributed by atoms with Gasteiger partial charge in [-0.1, -0.05) is 18.2 Å². The van der Waals surface area contributed by atoms with Gasteiger partial charge in [0.2, 0.25) is 0 Å². The van der Waals surface area contributed by atoms with E-state index in [0.29, 0.717) is 12.0 Å². The molecule has 0 saturated carbocycles. The molecule has 0 amide bonds. The maximum atomic E-state index is 13.3. The number of para-hydroxylation sites is 1. The van der Waals surface area contributed by atoms with Crippen LogP contribution >= 0.6 is 0 Å². The fourth-order valence-corrected chi connectivity index (χ4v) is 4.69. The predicted octanol–water partition coefficient (Wildman–Crippen LogP) is 2.76. The molecule has 0 radical (unpaired) electrons. The van der Waals surface area contributed by atoms with Gasteiger partial charge in [-0.15, -0.1) is 0 Å². The minimum absolute atomic E-state index is 0.179. The molecule has 1 atom stereocenters. The number of hydrogen-bond donors (Lipinski definition) is 0. The lowest BCUT2D eigenvalue weighted by Gasteiger charge is -2.45. The molecule has 118 valence electrons. The molecule has 0 N–H and O–H groups in total. The number of aromatic nitrogens is 2. The van der Waals surface area contributed by atoms with Crippen LogP contribution in [0.25, 0.3) is 21.8 Å². The van der Waals surface area contributed by atoms with Gasteiger partial charge in [0.25, 0.3) is 5.56 Å². The lowest BCUT2D eigenvalue weighted by atomic mass is 9.84. The van der Waals surface area contributed by atoms with E-state index < -0.39 is 0 Å². The largest absolute Gasteiger partial charge is 0.343 e. The Morgan fingerprint density at radius 2 is 1.83 bits per heavy atom. The van der Waals surface area contributed by atoms with Crippen LogP contribution in [-0.4, -0.2) is 33.7 Å². The second-order valence-electron chi connectivity index (χ2n) is 7.07. The van der Waals surface area contributed by atoms with Crippen molar-refractivity contribution in [1.82, 2.24) is 14.0 Å². The van der Waals surface area contributed by atoms with Crippen molar-refractivity contribution in [3.05, 3.63) is 46.9 Å². The van der Waals surface area contributed by atoms with Gasteiger partial charge in [-0.25, -0.2) is 0 Å². The summed E-state index contributed by atoms with van der Waals surface area (Å²) in [7, 11) is 2.04. The van der Waals surface area contributed by atoms with Crippen molar-refractivity contribution in [3.63, 3.8) is 0 Å². The first-order chi connectivity index (χ1) is 11.2. The van der Waals surface area contributed by atoms with Gasteiger partial charge in [-0.05, 0) is 44.0 Å². The molecule has 3 aromatic rings. The van der Waals surface area contributed by atoms with Crippen LogP contribution in [0.4, 0.5) is 0 Å². The smallest absolute Gasteiger partial charge is 0.260 e. The maximum Gasteiger partial charge on any atom is 0.260 e. The van der Waals surface area contributed by atoms with E-state index in [1.807, 2.05) is 29.9 Å². The third-order valence-electron chi connectivity index (χ3n) is 5.97. The van der Waals surface area contributed by atoms with E-state index in [9.17, 15) is 4.79 Å². The molecule has 1 unspecified atom stereocenters. The Kier molecular flexibility index (Phi) is 2.74. The van der Waals surface area contributed by atoms with Gasteiger partial charge < -0.3 is 14.0 Å². The SMILES string of the molecule is Cn1c2ccccc2c2c(=O)n(C3CN4CCC3CC4)ccc21. The Hall–Kier alpha value is -2.07. The number of benzene rings is 1. The summed E-state index contributed by atoms with van der Waals surface area (Å²) in [6.07, 6.45) is 4.48. The normalized spacial score (nSPS) is 27.1. The monoisotopic (exact) mass is 307 g/mol. The lowest BCUT2D eigenvalue weighted by Crippen LogP contribution is -2.49. The predicted molar refractivity (Wildman–Crippen MR) is 92.9 cm³/mol. The van der Waals surface area contributed by atoms with E-state index >= 15 is 0 Å². The van der Waals surface area contributed by atoms with Gasteiger partial charge in [0.1, 0.15) is 0 Å². The summed E-state index contributed by atoms with van der Waals surface area (Å²) in [5, 5.41) is 1.95. The van der Waals surface area contributed by atoms with Crippen LogP contribution < -0.4 is 5.56 Å². The van der Waals surface area contributed by atoms with Crippen LogP contribution in [0.2, 0.25) is 0 Å². The van der Waals surface area contributed by atoms with Crippen LogP contribution in [0.15, 0.2) is 41.3 Å². The average Bonchev–Trinajstić information content (AvgIpc) is 2.90. The van der Waals surface area contributed by atoms with E-state index in [-0.39, 0.29) is 5.56 Å². The van der Waals surface area contributed by atoms with Crippen molar-refractivity contribution < 1.29 is 0 Å². The molecular formula is C19H21N3O. The van der Waals surface area contributed by atoms with Gasteiger partial charge in [-0.3, -0.25) is 4.79 Å². The Morgan fingerprint density at radius 1 is 1.04 bits per heavy atom. The van der Waals surface area contributed by atoms with E-state index in [1.165, 1.54) is 25.9 Å². The number of aryl methyl sites for hydroxylation is 1. The summed E-state index contributed by atoms with van der Waals surface area (Å²) in [6.45, 7) is 3.43. The highest BCUT2D eigenvalue weighted by Gasteiger charge is 2.35. The number of nitrogens with zero attached hydrogens (tertiary/aromatic N) is 3. The average molecular weight is 307 g/mol. The van der Waals surface area contributed by atoms with Crippen molar-refractivity contribution in [1.29, 1.82) is 0 Å². The highest BCUT2D eigenvalue weighted by molar-refractivity contribution is 6.07. The Morgan fingerprint density at radius 3 is 2.57 bits per heavy atom. The van der Waals surface area contributed by atoms with Crippen molar-refractivity contribution >= 4 is 21.8 Å². The number of pyridine rings is 1. The molecule has 0 spiro atoms. The highest BCUT2D eigenvalue weighted by atomic mass is 16.1. The summed E-state index contributed by atoms with van der Waals surface area (Å²) < 4.78 is 4.15. The van der Waals surface area contributed by atoms with Crippen LogP contribution in [0.1, 0.15) is 18.9 Å². The fraction of sp³-hybridized carbons (Fsp3) is 0.421. The maximum absolute atomic E-state index is 13.3. The topological polar surface area (TPSA) is 30.2 Å². The Balaban J connectivity index is 1.77. The van der Waals surface area contributed by atoms with Crippen molar-refractivity contribution in [2.75, 3.05) is 19.6 Å². The summed E-state index contributed by atoms with van der Waals surface area (Å²) in [6, 6.07) is 10.7. The number of hydrogen-bond acceptors (Lipinski definition) is 2. The molecule has 5 heterocycles. The fourth-order valence-electron chi connectivity index (χ4n) is 4.69. The summed E-state index contributed by atoms with van der Waals surface area (Å²) in [4.78, 5) is 15.8. The van der Waals surface area contributed by atoms with Crippen molar-refractivity contribution in [2.45, 2.75) is 18.9 Å². The van der Waals surface area contributed by atoms with Gasteiger partial charge in [0.05, 0.1) is 16.9 Å². The molecule has 2 bridgehead atoms. The van der Waals surface area contributed by atoms with E-state index in [1.54, 1.807) is 0 Å². The summed E-state index contributed by atoms with van der Waals surface area (Å²) >= 11 is 0. The zero-order chi connectivity index (χ0) is 15.6. The van der Waals surface area contributed by atoms with E-state index in [0.717, 1.165) is 28.4 Å². The molecule has 6 rings (SSSR count). The van der Waals surface area contributed by atoms with Crippen LogP contribution in [0.3, 0.4) is 0 Å². The molecule has 23 heavy (non-hydrogen) atoms. The second kappa shape index (κ2) is 4.71. The summed E-state index contributed by atoms with van der Waals surface area (Å²) in [5.74, 6) is 0.658. The number of fused-ring (bicyclic) bond motifs is 6. The molecule has 3 fully saturated rings. The zero-order valence-electron chi connectivity index (χ0n) is 13.4. The summed E-state index contributed by atoms with van der Waals surface area (Å²) in [5.41, 5.74) is 2.35. The van der Waals surface area contributed by atoms with E-state index in [2.05, 4.69) is 27.7 Å². The Labute approximate surface area is 134 Å². The minimum Gasteiger partial charge on any atom is -0.343 e. The van der Waals surface area contributed by atoms with Gasteiger partial charge in [0.15, 0.2) is 0 Å². The molecule has 3 aliphatic rings. The molecule has 2 aromatic heterocycles. The molecule has 4 nitrogen and oxygen atoms in total. The third-order valence-corrected chi connectivity index (χ3v) is 5.97. The second-order valence-corrected chi connectivity index (χ2v) is 7.07. The van der Waals surface area contributed by atoms with Gasteiger partial charge in [0, 0.05) is 30.7 Å².